The lowest BCUT2D eigenvalue weighted by Gasteiger charge is -2.02. The zero-order valence-electron chi connectivity index (χ0n) is 11.5. The molecule has 0 bridgehead atoms. The predicted octanol–water partition coefficient (Wildman–Crippen LogP) is 4.82. The Morgan fingerprint density at radius 3 is 2.95 bits per heavy atom. The van der Waals surface area contributed by atoms with E-state index in [1.54, 1.807) is 10.6 Å². The zero-order valence-corrected chi connectivity index (χ0v) is 13.2. The van der Waals surface area contributed by atoms with Gasteiger partial charge in [0.15, 0.2) is 3.95 Å². The molecule has 106 valence electrons. The first kappa shape index (κ1) is 14.0. The molecule has 1 aromatic heterocycles. The average Bonchev–Trinajstić information content (AvgIpc) is 2.92. The molecule has 5 heteroatoms. The van der Waals surface area contributed by atoms with Crippen molar-refractivity contribution >= 4 is 46.6 Å². The van der Waals surface area contributed by atoms with E-state index in [0.29, 0.717) is 10.5 Å². The molecule has 0 saturated heterocycles. The van der Waals surface area contributed by atoms with Crippen molar-refractivity contribution in [2.75, 3.05) is 0 Å². The first-order valence-corrected chi connectivity index (χ1v) is 7.74. The van der Waals surface area contributed by atoms with Gasteiger partial charge in [0.1, 0.15) is 0 Å². The maximum Gasteiger partial charge on any atom is 0.210 e. The first-order chi connectivity index (χ1) is 10.1. The summed E-state index contributed by atoms with van der Waals surface area (Å²) in [5.41, 5.74) is 4.03. The average molecular weight is 314 g/mol. The van der Waals surface area contributed by atoms with Crippen LogP contribution in [0.1, 0.15) is 17.4 Å². The summed E-state index contributed by atoms with van der Waals surface area (Å²) >= 11 is 6.68. The summed E-state index contributed by atoms with van der Waals surface area (Å²) in [5, 5.41) is 10.3. The highest BCUT2D eigenvalue weighted by molar-refractivity contribution is 7.73. The van der Waals surface area contributed by atoms with Gasteiger partial charge >= 0.3 is 0 Å². The van der Waals surface area contributed by atoms with Crippen LogP contribution < -0.4 is 0 Å². The molecular weight excluding hydrogens is 300 g/mol. The second kappa shape index (κ2) is 5.42. The third-order valence-corrected chi connectivity index (χ3v) is 4.74. The van der Waals surface area contributed by atoms with Crippen molar-refractivity contribution in [2.45, 2.75) is 13.5 Å². The number of allylic oxidation sites excluding steroid dienone is 2. The number of rotatable bonds is 3. The van der Waals surface area contributed by atoms with Gasteiger partial charge in [-0.3, -0.25) is 9.56 Å². The highest BCUT2D eigenvalue weighted by Gasteiger charge is 2.18. The standard InChI is InChI=1S/C16H14N2OS2/c1-3-8-18-15(19)14(21-16(18)20)9-12-10(2)17-13-7-5-4-6-11(12)13/h3-7,9,19H,1,8H2,2H3/b12-9-. The quantitative estimate of drug-likeness (QED) is 0.651. The monoisotopic (exact) mass is 314 g/mol. The minimum atomic E-state index is 0.189. The molecule has 1 aliphatic heterocycles. The molecule has 0 spiro atoms. The van der Waals surface area contributed by atoms with E-state index in [1.165, 1.54) is 11.3 Å². The van der Waals surface area contributed by atoms with Gasteiger partial charge < -0.3 is 5.11 Å². The van der Waals surface area contributed by atoms with Crippen LogP contribution in [-0.4, -0.2) is 15.4 Å². The smallest absolute Gasteiger partial charge is 0.210 e. The molecule has 1 aromatic carbocycles. The fraction of sp³-hybridized carbons (Fsp3) is 0.125. The Bertz CT molecular complexity index is 840. The minimum absolute atomic E-state index is 0.189. The van der Waals surface area contributed by atoms with Gasteiger partial charge in [0.25, 0.3) is 0 Å². The summed E-state index contributed by atoms with van der Waals surface area (Å²) in [4.78, 5) is 5.30. The van der Waals surface area contributed by atoms with Crippen molar-refractivity contribution in [3.05, 3.63) is 51.3 Å². The van der Waals surface area contributed by atoms with Crippen LogP contribution in [0.15, 0.2) is 41.9 Å². The number of hydrogen-bond acceptors (Lipinski definition) is 4. The number of aliphatic imine (C=N–C) groups is 1. The van der Waals surface area contributed by atoms with Crippen molar-refractivity contribution in [1.82, 2.24) is 4.57 Å². The Balaban J connectivity index is 2.12. The largest absolute Gasteiger partial charge is 0.493 e. The van der Waals surface area contributed by atoms with Crippen molar-refractivity contribution < 1.29 is 5.11 Å². The maximum absolute atomic E-state index is 10.3. The van der Waals surface area contributed by atoms with Gasteiger partial charge in [0.05, 0.1) is 10.6 Å². The molecule has 3 nitrogen and oxygen atoms in total. The highest BCUT2D eigenvalue weighted by atomic mass is 32.1. The lowest BCUT2D eigenvalue weighted by atomic mass is 10.0. The molecule has 2 heterocycles. The summed E-state index contributed by atoms with van der Waals surface area (Å²) in [6.45, 7) is 6.17. The van der Waals surface area contributed by atoms with Crippen LogP contribution in [0.4, 0.5) is 5.69 Å². The molecule has 0 amide bonds. The van der Waals surface area contributed by atoms with Crippen LogP contribution in [0.5, 0.6) is 5.88 Å². The fourth-order valence-electron chi connectivity index (χ4n) is 2.35. The Morgan fingerprint density at radius 2 is 2.19 bits per heavy atom. The second-order valence-corrected chi connectivity index (χ2v) is 6.40. The molecule has 0 fully saturated rings. The number of nitrogens with zero attached hydrogens (tertiary/aromatic N) is 2. The number of hydrogen-bond donors (Lipinski definition) is 1. The molecule has 1 N–H and O–H groups in total. The predicted molar refractivity (Wildman–Crippen MR) is 92.1 cm³/mol. The number of aromatic hydroxyl groups is 1. The van der Waals surface area contributed by atoms with E-state index in [0.717, 1.165) is 27.4 Å². The normalized spacial score (nSPS) is 15.1. The van der Waals surface area contributed by atoms with Gasteiger partial charge in [-0.15, -0.1) is 17.9 Å². The molecule has 1 aliphatic rings. The van der Waals surface area contributed by atoms with Crippen LogP contribution >= 0.6 is 23.6 Å². The molecular formula is C16H14N2OS2. The molecule has 21 heavy (non-hydrogen) atoms. The summed E-state index contributed by atoms with van der Waals surface area (Å²) in [6.07, 6.45) is 3.68. The number of aromatic nitrogens is 1. The van der Waals surface area contributed by atoms with E-state index in [2.05, 4.69) is 11.6 Å². The van der Waals surface area contributed by atoms with E-state index in [-0.39, 0.29) is 5.88 Å². The van der Waals surface area contributed by atoms with Crippen LogP contribution in [0.3, 0.4) is 0 Å². The Kier molecular flexibility index (Phi) is 3.61. The van der Waals surface area contributed by atoms with Gasteiger partial charge in [-0.25, -0.2) is 0 Å². The van der Waals surface area contributed by atoms with Gasteiger partial charge in [0.2, 0.25) is 5.88 Å². The van der Waals surface area contributed by atoms with Gasteiger partial charge in [-0.1, -0.05) is 24.3 Å². The number of benzene rings is 1. The highest BCUT2D eigenvalue weighted by Crippen LogP contribution is 2.38. The molecule has 0 unspecified atom stereocenters. The van der Waals surface area contributed by atoms with Crippen molar-refractivity contribution in [3.8, 4) is 5.88 Å². The second-order valence-electron chi connectivity index (χ2n) is 4.73. The molecule has 0 radical (unpaired) electrons. The van der Waals surface area contributed by atoms with Gasteiger partial charge in [-0.2, -0.15) is 0 Å². The fourth-order valence-corrected chi connectivity index (χ4v) is 3.61. The van der Waals surface area contributed by atoms with Crippen LogP contribution in [0.25, 0.3) is 11.6 Å². The third-order valence-electron chi connectivity index (χ3n) is 3.35. The van der Waals surface area contributed by atoms with Crippen LogP contribution in [0, 0.1) is 3.95 Å². The molecule has 0 saturated carbocycles. The summed E-state index contributed by atoms with van der Waals surface area (Å²) in [7, 11) is 0. The molecule has 0 aliphatic carbocycles. The first-order valence-electron chi connectivity index (χ1n) is 6.52. The van der Waals surface area contributed by atoms with E-state index >= 15 is 0 Å². The molecule has 0 atom stereocenters. The Labute approximate surface area is 132 Å². The van der Waals surface area contributed by atoms with Crippen molar-refractivity contribution in [2.24, 2.45) is 4.99 Å². The Morgan fingerprint density at radius 1 is 1.43 bits per heavy atom. The number of thiazole rings is 1. The van der Waals surface area contributed by atoms with Crippen LogP contribution in [-0.2, 0) is 6.54 Å². The van der Waals surface area contributed by atoms with Gasteiger partial charge in [0, 0.05) is 23.4 Å². The molecule has 3 rings (SSSR count). The summed E-state index contributed by atoms with van der Waals surface area (Å²) < 4.78 is 2.31. The number of fused-ring (bicyclic) bond motifs is 1. The maximum atomic E-state index is 10.3. The molecule has 2 aromatic rings. The van der Waals surface area contributed by atoms with E-state index in [1.807, 2.05) is 37.3 Å². The Hall–Kier alpha value is -1.98. The SMILES string of the molecule is C=CCn1c(O)c(/C=C2/C(C)=Nc3ccccc32)sc1=S. The van der Waals surface area contributed by atoms with Crippen molar-refractivity contribution in [3.63, 3.8) is 0 Å². The topological polar surface area (TPSA) is 37.5 Å². The minimum Gasteiger partial charge on any atom is -0.493 e. The van der Waals surface area contributed by atoms with E-state index < -0.39 is 0 Å². The zero-order chi connectivity index (χ0) is 15.0. The number of para-hydroxylation sites is 1. The van der Waals surface area contributed by atoms with Crippen LogP contribution in [0.2, 0.25) is 0 Å². The third kappa shape index (κ3) is 2.39. The van der Waals surface area contributed by atoms with E-state index in [9.17, 15) is 5.11 Å². The van der Waals surface area contributed by atoms with E-state index in [4.69, 9.17) is 12.2 Å². The van der Waals surface area contributed by atoms with Crippen molar-refractivity contribution in [1.29, 1.82) is 0 Å². The van der Waals surface area contributed by atoms with Gasteiger partial charge in [-0.05, 0) is 31.3 Å². The lowest BCUT2D eigenvalue weighted by molar-refractivity contribution is 0.424. The summed E-state index contributed by atoms with van der Waals surface area (Å²) in [6, 6.07) is 7.99. The summed E-state index contributed by atoms with van der Waals surface area (Å²) in [5.74, 6) is 0.189. The lowest BCUT2D eigenvalue weighted by Crippen LogP contribution is -1.93.